The van der Waals surface area contributed by atoms with Gasteiger partial charge in [0.2, 0.25) is 5.91 Å². The van der Waals surface area contributed by atoms with E-state index in [2.05, 4.69) is 6.92 Å². The maximum atomic E-state index is 11.4. The molecule has 0 aromatic heterocycles. The highest BCUT2D eigenvalue weighted by molar-refractivity contribution is 5.78. The van der Waals surface area contributed by atoms with Crippen molar-refractivity contribution in [3.05, 3.63) is 0 Å². The predicted octanol–water partition coefficient (Wildman–Crippen LogP) is 0.753. The molecule has 1 saturated heterocycles. The van der Waals surface area contributed by atoms with Crippen molar-refractivity contribution in [2.45, 2.75) is 38.7 Å². The van der Waals surface area contributed by atoms with E-state index in [0.717, 1.165) is 45.4 Å². The zero-order chi connectivity index (χ0) is 11.1. The van der Waals surface area contributed by atoms with Gasteiger partial charge in [-0.05, 0) is 19.3 Å². The number of nitrogens with two attached hydrogens (primary N) is 1. The number of amides is 1. The van der Waals surface area contributed by atoms with Crippen LogP contribution in [-0.2, 0) is 9.53 Å². The van der Waals surface area contributed by atoms with E-state index in [4.69, 9.17) is 10.5 Å². The number of carbonyl (C=O) groups is 1. The molecule has 1 atom stereocenters. The summed E-state index contributed by atoms with van der Waals surface area (Å²) < 4.78 is 5.71. The fourth-order valence-electron chi connectivity index (χ4n) is 1.82. The number of nitrogens with zero attached hydrogens (tertiary/aromatic N) is 1. The molecule has 0 radical (unpaired) electrons. The summed E-state index contributed by atoms with van der Waals surface area (Å²) in [7, 11) is 0. The van der Waals surface area contributed by atoms with E-state index in [1.165, 1.54) is 0 Å². The van der Waals surface area contributed by atoms with Crippen LogP contribution in [0.3, 0.4) is 0 Å². The summed E-state index contributed by atoms with van der Waals surface area (Å²) in [6.45, 7) is 4.63. The van der Waals surface area contributed by atoms with Gasteiger partial charge >= 0.3 is 0 Å². The van der Waals surface area contributed by atoms with Gasteiger partial charge in [-0.2, -0.15) is 0 Å². The van der Waals surface area contributed by atoms with E-state index in [0.29, 0.717) is 0 Å². The minimum atomic E-state index is 0.0405. The lowest BCUT2D eigenvalue weighted by Crippen LogP contribution is -2.45. The molecule has 0 bridgehead atoms. The molecule has 0 aromatic rings. The number of hydrogen-bond donors (Lipinski definition) is 1. The highest BCUT2D eigenvalue weighted by Gasteiger charge is 2.22. The van der Waals surface area contributed by atoms with Gasteiger partial charge in [-0.25, -0.2) is 0 Å². The molecule has 0 aliphatic carbocycles. The Kier molecular flexibility index (Phi) is 5.65. The summed E-state index contributed by atoms with van der Waals surface area (Å²) >= 11 is 0. The number of carbonyl (C=O) groups excluding carboxylic acids is 1. The van der Waals surface area contributed by atoms with Crippen molar-refractivity contribution in [1.29, 1.82) is 0 Å². The average molecular weight is 214 g/mol. The van der Waals surface area contributed by atoms with E-state index >= 15 is 0 Å². The number of rotatable bonds is 5. The van der Waals surface area contributed by atoms with Crippen LogP contribution in [0, 0.1) is 0 Å². The van der Waals surface area contributed by atoms with Crippen LogP contribution in [-0.4, -0.2) is 43.2 Å². The Hall–Kier alpha value is -0.610. The maximum Gasteiger partial charge on any atom is 0.236 e. The molecule has 4 nitrogen and oxygen atoms in total. The highest BCUT2D eigenvalue weighted by Crippen LogP contribution is 2.13. The summed E-state index contributed by atoms with van der Waals surface area (Å²) in [5.74, 6) is 0.0405. The Morgan fingerprint density at radius 1 is 1.60 bits per heavy atom. The van der Waals surface area contributed by atoms with Gasteiger partial charge in [0.15, 0.2) is 0 Å². The van der Waals surface area contributed by atoms with E-state index in [1.807, 2.05) is 4.90 Å². The third kappa shape index (κ3) is 4.18. The predicted molar refractivity (Wildman–Crippen MR) is 59.5 cm³/mol. The largest absolute Gasteiger partial charge is 0.376 e. The monoisotopic (exact) mass is 214 g/mol. The topological polar surface area (TPSA) is 55.6 Å². The van der Waals surface area contributed by atoms with Crippen molar-refractivity contribution < 1.29 is 9.53 Å². The van der Waals surface area contributed by atoms with Crippen LogP contribution >= 0.6 is 0 Å². The molecule has 1 amide bonds. The number of ether oxygens (including phenoxy) is 1. The molecule has 4 heteroatoms. The van der Waals surface area contributed by atoms with Crippen LogP contribution in [0.25, 0.3) is 0 Å². The average Bonchev–Trinajstić information content (AvgIpc) is 2.29. The second-order valence-corrected chi connectivity index (χ2v) is 4.03. The fourth-order valence-corrected chi connectivity index (χ4v) is 1.82. The molecule has 88 valence electrons. The molecular formula is C11H22N2O2. The number of unbranched alkanes of at least 4 members (excludes halogenated alkanes) is 1. The zero-order valence-electron chi connectivity index (χ0n) is 9.58. The summed E-state index contributed by atoms with van der Waals surface area (Å²) in [6.07, 6.45) is 4.57. The molecule has 0 saturated carbocycles. The summed E-state index contributed by atoms with van der Waals surface area (Å²) in [4.78, 5) is 13.2. The van der Waals surface area contributed by atoms with Gasteiger partial charge in [0.05, 0.1) is 12.6 Å². The first-order valence-corrected chi connectivity index (χ1v) is 5.87. The van der Waals surface area contributed by atoms with Crippen LogP contribution in [0.4, 0.5) is 0 Å². The van der Waals surface area contributed by atoms with Crippen molar-refractivity contribution in [3.8, 4) is 0 Å². The van der Waals surface area contributed by atoms with E-state index in [1.54, 1.807) is 0 Å². The Labute approximate surface area is 91.8 Å². The van der Waals surface area contributed by atoms with Crippen molar-refractivity contribution in [3.63, 3.8) is 0 Å². The maximum absolute atomic E-state index is 11.4. The van der Waals surface area contributed by atoms with Crippen molar-refractivity contribution >= 4 is 5.91 Å². The van der Waals surface area contributed by atoms with Gasteiger partial charge in [-0.15, -0.1) is 0 Å². The molecule has 0 aromatic carbocycles. The first-order chi connectivity index (χ1) is 7.27. The van der Waals surface area contributed by atoms with Crippen LogP contribution in [0.15, 0.2) is 0 Å². The Bertz CT molecular complexity index is 197. The molecule has 1 fully saturated rings. The molecule has 1 aliphatic heterocycles. The van der Waals surface area contributed by atoms with Crippen molar-refractivity contribution in [1.82, 2.24) is 4.90 Å². The van der Waals surface area contributed by atoms with E-state index in [9.17, 15) is 4.79 Å². The quantitative estimate of drug-likeness (QED) is 0.687. The third-order valence-electron chi connectivity index (χ3n) is 2.76. The van der Waals surface area contributed by atoms with Crippen molar-refractivity contribution in [2.75, 3.05) is 26.2 Å². The van der Waals surface area contributed by atoms with Gasteiger partial charge in [-0.3, -0.25) is 4.79 Å². The molecular weight excluding hydrogens is 192 g/mol. The van der Waals surface area contributed by atoms with Crippen molar-refractivity contribution in [2.24, 2.45) is 5.73 Å². The molecule has 1 heterocycles. The fraction of sp³-hybridized carbons (Fsp3) is 0.909. The number of piperidine rings is 1. The summed E-state index contributed by atoms with van der Waals surface area (Å²) in [6, 6.07) is 0. The van der Waals surface area contributed by atoms with Crippen LogP contribution in [0.5, 0.6) is 0 Å². The van der Waals surface area contributed by atoms with E-state index < -0.39 is 0 Å². The number of hydrogen-bond acceptors (Lipinski definition) is 3. The zero-order valence-corrected chi connectivity index (χ0v) is 9.58. The van der Waals surface area contributed by atoms with Gasteiger partial charge in [0, 0.05) is 19.7 Å². The van der Waals surface area contributed by atoms with Gasteiger partial charge < -0.3 is 15.4 Å². The summed E-state index contributed by atoms with van der Waals surface area (Å²) in [5, 5.41) is 0. The first-order valence-electron chi connectivity index (χ1n) is 5.87. The van der Waals surface area contributed by atoms with Crippen LogP contribution in [0.2, 0.25) is 0 Å². The molecule has 2 N–H and O–H groups in total. The Morgan fingerprint density at radius 2 is 2.40 bits per heavy atom. The molecule has 1 aliphatic rings. The highest BCUT2D eigenvalue weighted by atomic mass is 16.5. The second kappa shape index (κ2) is 6.80. The second-order valence-electron chi connectivity index (χ2n) is 4.03. The molecule has 0 spiro atoms. The lowest BCUT2D eigenvalue weighted by atomic mass is 10.1. The standard InChI is InChI=1S/C11H22N2O2/c1-2-3-7-15-10-5-4-6-13(9-10)11(14)8-12/h10H,2-9,12H2,1H3. The lowest BCUT2D eigenvalue weighted by molar-refractivity contribution is -0.133. The SMILES string of the molecule is CCCCOC1CCCN(C(=O)CN)C1. The Balaban J connectivity index is 2.26. The van der Waals surface area contributed by atoms with Crippen LogP contribution < -0.4 is 5.73 Å². The third-order valence-corrected chi connectivity index (χ3v) is 2.76. The lowest BCUT2D eigenvalue weighted by Gasteiger charge is -2.32. The molecule has 1 unspecified atom stereocenters. The number of likely N-dealkylation sites (tertiary alicyclic amines) is 1. The Morgan fingerprint density at radius 3 is 3.07 bits per heavy atom. The normalized spacial score (nSPS) is 21.7. The van der Waals surface area contributed by atoms with Gasteiger partial charge in [-0.1, -0.05) is 13.3 Å². The molecule has 1 rings (SSSR count). The summed E-state index contributed by atoms with van der Waals surface area (Å²) in [5.41, 5.74) is 5.34. The molecule has 15 heavy (non-hydrogen) atoms. The van der Waals surface area contributed by atoms with E-state index in [-0.39, 0.29) is 18.6 Å². The van der Waals surface area contributed by atoms with Crippen LogP contribution in [0.1, 0.15) is 32.6 Å². The smallest absolute Gasteiger partial charge is 0.236 e. The first kappa shape index (κ1) is 12.5. The van der Waals surface area contributed by atoms with Gasteiger partial charge in [0.1, 0.15) is 0 Å². The minimum Gasteiger partial charge on any atom is -0.376 e. The minimum absolute atomic E-state index is 0.0405. The van der Waals surface area contributed by atoms with Gasteiger partial charge in [0.25, 0.3) is 0 Å².